The number of anilines is 1. The van der Waals surface area contributed by atoms with Crippen molar-refractivity contribution in [3.8, 4) is 28.1 Å². The van der Waals surface area contributed by atoms with Crippen LogP contribution in [0.25, 0.3) is 33.3 Å². The van der Waals surface area contributed by atoms with Crippen molar-refractivity contribution < 1.29 is 19.1 Å². The number of para-hydroxylation sites is 1. The lowest BCUT2D eigenvalue weighted by Gasteiger charge is -2.12. The summed E-state index contributed by atoms with van der Waals surface area (Å²) in [5.41, 5.74) is 4.50. The monoisotopic (exact) mass is 494 g/mol. The second-order valence-electron chi connectivity index (χ2n) is 7.97. The average Bonchev–Trinajstić information content (AvgIpc) is 3.35. The number of carbonyl (C=O) groups excluding carboxylic acids is 2. The second-order valence-corrected chi connectivity index (χ2v) is 8.85. The zero-order chi connectivity index (χ0) is 25.1. The van der Waals surface area contributed by atoms with Crippen LogP contribution in [0.3, 0.4) is 0 Å². The minimum absolute atomic E-state index is 0.327. The lowest BCUT2D eigenvalue weighted by atomic mass is 10.0. The summed E-state index contributed by atoms with van der Waals surface area (Å²) in [7, 11) is 2.94. The highest BCUT2D eigenvalue weighted by Gasteiger charge is 2.23. The molecule has 0 aliphatic carbocycles. The molecule has 0 fully saturated rings. The number of esters is 1. The van der Waals surface area contributed by atoms with Gasteiger partial charge in [-0.2, -0.15) is 0 Å². The van der Waals surface area contributed by atoms with E-state index in [0.29, 0.717) is 44.0 Å². The molecule has 2 aromatic heterocycles. The minimum atomic E-state index is -0.512. The van der Waals surface area contributed by atoms with Crippen LogP contribution in [0.5, 0.6) is 5.75 Å². The van der Waals surface area contributed by atoms with Gasteiger partial charge in [-0.3, -0.25) is 4.79 Å². The third-order valence-corrected chi connectivity index (χ3v) is 6.71. The van der Waals surface area contributed by atoms with Crippen LogP contribution in [-0.4, -0.2) is 31.1 Å². The first kappa shape index (κ1) is 23.3. The summed E-state index contributed by atoms with van der Waals surface area (Å²) in [5, 5.41) is 5.94. The summed E-state index contributed by atoms with van der Waals surface area (Å²) in [6.45, 7) is 0. The number of hydrogen-bond acceptors (Lipinski definition) is 6. The van der Waals surface area contributed by atoms with E-state index in [9.17, 15) is 9.59 Å². The van der Waals surface area contributed by atoms with Crippen molar-refractivity contribution in [1.29, 1.82) is 0 Å². The summed E-state index contributed by atoms with van der Waals surface area (Å²) in [5.74, 6) is -0.158. The number of pyridine rings is 1. The fraction of sp³-hybridized carbons (Fsp3) is 0.0690. The molecule has 0 spiro atoms. The number of nitrogens with one attached hydrogen (secondary N) is 1. The van der Waals surface area contributed by atoms with Gasteiger partial charge in [-0.05, 0) is 29.8 Å². The standard InChI is InChI=1S/C29H22N2O4S/c1-34-20-12-8-11-19(15-20)25-16-22(21-13-6-7-14-24(21)30-25)27(32)31-28-26(29(33)35-2)23(17-36-28)18-9-4-3-5-10-18/h3-17H,1-2H3,(H,31,32). The second kappa shape index (κ2) is 10.0. The molecule has 36 heavy (non-hydrogen) atoms. The van der Waals surface area contributed by atoms with Gasteiger partial charge in [-0.1, -0.05) is 60.7 Å². The fourth-order valence-electron chi connectivity index (χ4n) is 4.05. The molecule has 0 saturated heterocycles. The highest BCUT2D eigenvalue weighted by Crippen LogP contribution is 2.37. The highest BCUT2D eigenvalue weighted by molar-refractivity contribution is 7.15. The molecule has 0 bridgehead atoms. The third kappa shape index (κ3) is 4.44. The molecule has 178 valence electrons. The number of carbonyl (C=O) groups is 2. The number of hydrogen-bond donors (Lipinski definition) is 1. The van der Waals surface area contributed by atoms with E-state index in [1.807, 2.05) is 84.2 Å². The van der Waals surface area contributed by atoms with E-state index in [4.69, 9.17) is 14.5 Å². The van der Waals surface area contributed by atoms with Crippen LogP contribution in [0, 0.1) is 0 Å². The first-order valence-electron chi connectivity index (χ1n) is 11.2. The number of aromatic nitrogens is 1. The number of amides is 1. The van der Waals surface area contributed by atoms with E-state index in [2.05, 4.69) is 5.32 Å². The molecule has 2 heterocycles. The van der Waals surface area contributed by atoms with Gasteiger partial charge in [0.05, 0.1) is 31.0 Å². The molecule has 0 atom stereocenters. The Hall–Kier alpha value is -4.49. The molecule has 0 aliphatic heterocycles. The van der Waals surface area contributed by atoms with Crippen molar-refractivity contribution in [3.63, 3.8) is 0 Å². The Bertz CT molecular complexity index is 1580. The van der Waals surface area contributed by atoms with Crippen molar-refractivity contribution in [2.75, 3.05) is 19.5 Å². The van der Waals surface area contributed by atoms with Crippen LogP contribution in [0.1, 0.15) is 20.7 Å². The zero-order valence-electron chi connectivity index (χ0n) is 19.6. The highest BCUT2D eigenvalue weighted by atomic mass is 32.1. The molecule has 0 radical (unpaired) electrons. The lowest BCUT2D eigenvalue weighted by molar-refractivity contribution is 0.0603. The zero-order valence-corrected chi connectivity index (χ0v) is 20.5. The molecule has 3 aromatic carbocycles. The van der Waals surface area contributed by atoms with E-state index in [1.54, 1.807) is 13.2 Å². The van der Waals surface area contributed by atoms with E-state index < -0.39 is 5.97 Å². The van der Waals surface area contributed by atoms with Crippen molar-refractivity contribution in [2.45, 2.75) is 0 Å². The molecule has 1 N–H and O–H groups in total. The first-order valence-corrected chi connectivity index (χ1v) is 12.1. The predicted molar refractivity (Wildman–Crippen MR) is 143 cm³/mol. The first-order chi connectivity index (χ1) is 17.6. The minimum Gasteiger partial charge on any atom is -0.497 e. The van der Waals surface area contributed by atoms with Gasteiger partial charge in [-0.15, -0.1) is 11.3 Å². The van der Waals surface area contributed by atoms with Crippen molar-refractivity contribution in [3.05, 3.63) is 101 Å². The van der Waals surface area contributed by atoms with Gasteiger partial charge in [-0.25, -0.2) is 9.78 Å². The molecule has 5 rings (SSSR count). The van der Waals surface area contributed by atoms with Gasteiger partial charge in [0, 0.05) is 21.9 Å². The fourth-order valence-corrected chi connectivity index (χ4v) is 5.00. The van der Waals surface area contributed by atoms with Crippen molar-refractivity contribution >= 4 is 39.1 Å². The van der Waals surface area contributed by atoms with Crippen LogP contribution in [0.4, 0.5) is 5.00 Å². The smallest absolute Gasteiger partial charge is 0.341 e. The number of nitrogens with zero attached hydrogens (tertiary/aromatic N) is 1. The lowest BCUT2D eigenvalue weighted by Crippen LogP contribution is -2.15. The van der Waals surface area contributed by atoms with Crippen LogP contribution in [-0.2, 0) is 4.74 Å². The van der Waals surface area contributed by atoms with Gasteiger partial charge in [0.2, 0.25) is 0 Å². The van der Waals surface area contributed by atoms with Crippen LogP contribution in [0.15, 0.2) is 90.3 Å². The maximum absolute atomic E-state index is 13.6. The van der Waals surface area contributed by atoms with E-state index in [0.717, 1.165) is 11.1 Å². The molecular formula is C29H22N2O4S. The summed E-state index contributed by atoms with van der Waals surface area (Å²) < 4.78 is 10.4. The number of rotatable bonds is 6. The number of thiophene rings is 1. The van der Waals surface area contributed by atoms with Crippen LogP contribution in [0.2, 0.25) is 0 Å². The molecule has 0 aliphatic rings. The Balaban J connectivity index is 1.58. The summed E-state index contributed by atoms with van der Waals surface area (Å²) >= 11 is 1.28. The third-order valence-electron chi connectivity index (χ3n) is 5.82. The topological polar surface area (TPSA) is 77.5 Å². The van der Waals surface area contributed by atoms with E-state index >= 15 is 0 Å². The van der Waals surface area contributed by atoms with Crippen molar-refractivity contribution in [2.24, 2.45) is 0 Å². The van der Waals surface area contributed by atoms with Gasteiger partial charge in [0.25, 0.3) is 5.91 Å². The molecule has 5 aromatic rings. The Labute approximate surface area is 212 Å². The number of fused-ring (bicyclic) bond motifs is 1. The predicted octanol–water partition coefficient (Wildman–Crippen LogP) is 6.68. The molecule has 7 heteroatoms. The number of benzene rings is 3. The van der Waals surface area contributed by atoms with Gasteiger partial charge >= 0.3 is 5.97 Å². The maximum Gasteiger partial charge on any atom is 0.341 e. The number of ether oxygens (including phenoxy) is 2. The van der Waals surface area contributed by atoms with Crippen LogP contribution >= 0.6 is 11.3 Å². The summed E-state index contributed by atoms with van der Waals surface area (Å²) in [4.78, 5) is 31.1. The molecule has 0 saturated carbocycles. The largest absolute Gasteiger partial charge is 0.497 e. The molecule has 6 nitrogen and oxygen atoms in total. The van der Waals surface area contributed by atoms with Gasteiger partial charge < -0.3 is 14.8 Å². The van der Waals surface area contributed by atoms with E-state index in [1.165, 1.54) is 18.4 Å². The Morgan fingerprint density at radius 3 is 2.39 bits per heavy atom. The van der Waals surface area contributed by atoms with Gasteiger partial charge in [0.1, 0.15) is 16.3 Å². The van der Waals surface area contributed by atoms with Crippen molar-refractivity contribution in [1.82, 2.24) is 4.98 Å². The molecular weight excluding hydrogens is 472 g/mol. The average molecular weight is 495 g/mol. The van der Waals surface area contributed by atoms with Crippen LogP contribution < -0.4 is 10.1 Å². The summed E-state index contributed by atoms with van der Waals surface area (Å²) in [6, 6.07) is 26.3. The Kier molecular flexibility index (Phi) is 6.47. The Morgan fingerprint density at radius 1 is 0.861 bits per heavy atom. The van der Waals surface area contributed by atoms with Gasteiger partial charge in [0.15, 0.2) is 0 Å². The SMILES string of the molecule is COC(=O)c1c(-c2ccccc2)csc1NC(=O)c1cc(-c2cccc(OC)c2)nc2ccccc12. The summed E-state index contributed by atoms with van der Waals surface area (Å²) in [6.07, 6.45) is 0. The number of methoxy groups -OCH3 is 2. The maximum atomic E-state index is 13.6. The molecule has 1 amide bonds. The quantitative estimate of drug-likeness (QED) is 0.267. The normalized spacial score (nSPS) is 10.7. The molecule has 0 unspecified atom stereocenters. The van der Waals surface area contributed by atoms with E-state index in [-0.39, 0.29) is 5.91 Å². The Morgan fingerprint density at radius 2 is 1.61 bits per heavy atom.